The number of amides is 1. The van der Waals surface area contributed by atoms with Crippen molar-refractivity contribution in [2.75, 3.05) is 25.1 Å². The van der Waals surface area contributed by atoms with E-state index in [1.165, 1.54) is 4.68 Å². The van der Waals surface area contributed by atoms with Gasteiger partial charge < -0.3 is 14.0 Å². The average molecular weight is 399 g/mol. The third-order valence-corrected chi connectivity index (χ3v) is 5.59. The first kappa shape index (κ1) is 18.1. The van der Waals surface area contributed by atoms with E-state index in [1.54, 1.807) is 6.92 Å². The molecule has 0 aliphatic carbocycles. The molecule has 4 heterocycles. The van der Waals surface area contributed by atoms with Gasteiger partial charge in [-0.15, -0.1) is 0 Å². The van der Waals surface area contributed by atoms with E-state index < -0.39 is 11.7 Å². The second kappa shape index (κ2) is 6.28. The molecule has 2 aliphatic heterocycles. The highest BCUT2D eigenvalue weighted by atomic mass is 19.1. The molecule has 29 heavy (non-hydrogen) atoms. The maximum Gasteiger partial charge on any atom is 0.279 e. The van der Waals surface area contributed by atoms with E-state index in [-0.39, 0.29) is 16.8 Å². The second-order valence-corrected chi connectivity index (χ2v) is 7.95. The van der Waals surface area contributed by atoms with Crippen LogP contribution >= 0.6 is 0 Å². The summed E-state index contributed by atoms with van der Waals surface area (Å²) in [6.07, 6.45) is 0. The van der Waals surface area contributed by atoms with E-state index in [2.05, 4.69) is 15.4 Å². The number of nitrogens with zero attached hydrogens (tertiary/aromatic N) is 4. The van der Waals surface area contributed by atoms with Gasteiger partial charge in [-0.3, -0.25) is 14.8 Å². The van der Waals surface area contributed by atoms with Crippen LogP contribution in [0.1, 0.15) is 28.7 Å². The molecular formula is C20H22FN5O3. The minimum atomic E-state index is -0.611. The molecule has 0 saturated carbocycles. The van der Waals surface area contributed by atoms with Crippen LogP contribution in [0.3, 0.4) is 0 Å². The van der Waals surface area contributed by atoms with E-state index in [0.717, 1.165) is 22.3 Å². The Kier molecular flexibility index (Phi) is 3.92. The van der Waals surface area contributed by atoms with E-state index in [9.17, 15) is 9.18 Å². The molecule has 9 heteroatoms. The Bertz CT molecular complexity index is 1150. The van der Waals surface area contributed by atoms with Crippen LogP contribution in [0.4, 0.5) is 10.3 Å². The van der Waals surface area contributed by atoms with E-state index in [0.29, 0.717) is 38.9 Å². The average Bonchev–Trinajstić information content (AvgIpc) is 3.05. The van der Waals surface area contributed by atoms with Gasteiger partial charge in [-0.2, -0.15) is 5.10 Å². The van der Waals surface area contributed by atoms with Crippen molar-refractivity contribution in [1.29, 1.82) is 0 Å². The molecule has 8 nitrogen and oxygen atoms in total. The number of aryl methyl sites for hydroxylation is 3. The maximum absolute atomic E-state index is 14.5. The predicted octanol–water partition coefficient (Wildman–Crippen LogP) is 2.67. The molecule has 5 rings (SSSR count). The lowest BCUT2D eigenvalue weighted by Crippen LogP contribution is -2.49. The van der Waals surface area contributed by atoms with Crippen LogP contribution in [0.2, 0.25) is 0 Å². The maximum atomic E-state index is 14.5. The summed E-state index contributed by atoms with van der Waals surface area (Å²) in [6, 6.07) is 3.92. The van der Waals surface area contributed by atoms with Crippen molar-refractivity contribution in [3.63, 3.8) is 0 Å². The van der Waals surface area contributed by atoms with Crippen molar-refractivity contribution >= 4 is 22.9 Å². The molecule has 1 N–H and O–H groups in total. The number of benzene rings is 1. The van der Waals surface area contributed by atoms with Crippen LogP contribution in [0, 0.1) is 25.1 Å². The third kappa shape index (κ3) is 2.71. The minimum Gasteiger partial charge on any atom is -0.490 e. The van der Waals surface area contributed by atoms with Crippen LogP contribution in [0.15, 0.2) is 12.1 Å². The monoisotopic (exact) mass is 399 g/mol. The number of aromatic nitrogens is 4. The van der Waals surface area contributed by atoms with Gasteiger partial charge in [-0.1, -0.05) is 0 Å². The zero-order valence-corrected chi connectivity index (χ0v) is 16.6. The first-order valence-electron chi connectivity index (χ1n) is 9.66. The molecule has 0 bridgehead atoms. The summed E-state index contributed by atoms with van der Waals surface area (Å²) >= 11 is 0. The Labute approximate surface area is 166 Å². The summed E-state index contributed by atoms with van der Waals surface area (Å²) in [5, 5.41) is 6.90. The summed E-state index contributed by atoms with van der Waals surface area (Å²) in [7, 11) is 0. The van der Waals surface area contributed by atoms with Gasteiger partial charge in [0.05, 0.1) is 29.8 Å². The van der Waals surface area contributed by atoms with Gasteiger partial charge in [0, 0.05) is 13.1 Å². The summed E-state index contributed by atoms with van der Waals surface area (Å²) in [4.78, 5) is 17.6. The van der Waals surface area contributed by atoms with Gasteiger partial charge in [0.15, 0.2) is 11.5 Å². The Morgan fingerprint density at radius 1 is 1.31 bits per heavy atom. The Hall–Kier alpha value is -2.94. The van der Waals surface area contributed by atoms with Crippen LogP contribution in [0.5, 0.6) is 5.75 Å². The van der Waals surface area contributed by atoms with Crippen LogP contribution in [0.25, 0.3) is 11.0 Å². The normalized spacial score (nSPS) is 17.1. The topological polar surface area (TPSA) is 83.2 Å². The fourth-order valence-electron chi connectivity index (χ4n) is 4.07. The number of hydrogen-bond acceptors (Lipinski definition) is 5. The number of hydrogen-bond donors (Lipinski definition) is 1. The molecule has 1 aromatic carbocycles. The molecule has 2 aromatic heterocycles. The van der Waals surface area contributed by atoms with Gasteiger partial charge in [0.1, 0.15) is 17.9 Å². The van der Waals surface area contributed by atoms with Gasteiger partial charge in [0.2, 0.25) is 5.95 Å². The lowest BCUT2D eigenvalue weighted by molar-refractivity contribution is -0.137. The molecule has 1 fully saturated rings. The summed E-state index contributed by atoms with van der Waals surface area (Å²) < 4.78 is 29.4. The smallest absolute Gasteiger partial charge is 0.279 e. The summed E-state index contributed by atoms with van der Waals surface area (Å²) in [5.74, 6) is -0.0779. The Morgan fingerprint density at radius 2 is 2.10 bits per heavy atom. The lowest BCUT2D eigenvalue weighted by Gasteiger charge is -2.40. The molecule has 0 radical (unpaired) electrons. The van der Waals surface area contributed by atoms with Crippen molar-refractivity contribution < 1.29 is 18.7 Å². The molecule has 0 atom stereocenters. The van der Waals surface area contributed by atoms with Crippen molar-refractivity contribution in [2.24, 2.45) is 5.41 Å². The third-order valence-electron chi connectivity index (χ3n) is 5.59. The predicted molar refractivity (Wildman–Crippen MR) is 104 cm³/mol. The summed E-state index contributed by atoms with van der Waals surface area (Å²) in [6.45, 7) is 8.03. The number of carbonyl (C=O) groups excluding carboxylic acids is 1. The fourth-order valence-corrected chi connectivity index (χ4v) is 4.07. The number of carbonyl (C=O) groups is 1. The number of rotatable bonds is 3. The number of ether oxygens (including phenoxy) is 2. The number of halogens is 1. The van der Waals surface area contributed by atoms with Gasteiger partial charge >= 0.3 is 0 Å². The highest BCUT2D eigenvalue weighted by molar-refractivity contribution is 6.03. The largest absolute Gasteiger partial charge is 0.490 e. The zero-order chi connectivity index (χ0) is 20.3. The molecule has 1 amide bonds. The minimum absolute atomic E-state index is 0.0900. The molecule has 1 saturated heterocycles. The molecule has 2 aliphatic rings. The highest BCUT2D eigenvalue weighted by Crippen LogP contribution is 2.40. The number of imidazole rings is 1. The standard InChI is InChI=1S/C20H22FN5O3/c1-4-26-17(15(21)12(3)24-26)18(27)23-19-22-13-5-11(2)6-14-16(13)25(19)7-20(10-29-14)8-28-9-20/h5-6H,4,7-10H2,1-3H3,(H,22,23,27). The van der Waals surface area contributed by atoms with Crippen molar-refractivity contribution in [3.8, 4) is 5.75 Å². The number of anilines is 1. The Balaban J connectivity index is 1.60. The molecule has 0 unspecified atom stereocenters. The SMILES string of the molecule is CCn1nc(C)c(F)c1C(=O)Nc1nc2cc(C)cc3c2n1CC1(COC1)CO3. The Morgan fingerprint density at radius 3 is 2.79 bits per heavy atom. The zero-order valence-electron chi connectivity index (χ0n) is 16.6. The molecule has 3 aromatic rings. The van der Waals surface area contributed by atoms with Gasteiger partial charge in [0.25, 0.3) is 5.91 Å². The molecular weight excluding hydrogens is 377 g/mol. The molecule has 1 spiro atoms. The van der Waals surface area contributed by atoms with Crippen LogP contribution in [-0.4, -0.2) is 45.1 Å². The second-order valence-electron chi connectivity index (χ2n) is 7.95. The lowest BCUT2D eigenvalue weighted by atomic mass is 9.87. The van der Waals surface area contributed by atoms with Crippen LogP contribution in [-0.2, 0) is 17.8 Å². The summed E-state index contributed by atoms with van der Waals surface area (Å²) in [5.41, 5.74) is 2.52. The van der Waals surface area contributed by atoms with Gasteiger partial charge in [-0.05, 0) is 38.5 Å². The quantitative estimate of drug-likeness (QED) is 0.732. The van der Waals surface area contributed by atoms with Crippen molar-refractivity contribution in [3.05, 3.63) is 34.9 Å². The first-order chi connectivity index (χ1) is 13.9. The first-order valence-corrected chi connectivity index (χ1v) is 9.66. The van der Waals surface area contributed by atoms with Gasteiger partial charge in [-0.25, -0.2) is 9.37 Å². The number of nitrogens with one attached hydrogen (secondary N) is 1. The van der Waals surface area contributed by atoms with Crippen molar-refractivity contribution in [1.82, 2.24) is 19.3 Å². The van der Waals surface area contributed by atoms with Crippen molar-refractivity contribution in [2.45, 2.75) is 33.9 Å². The fraction of sp³-hybridized carbons (Fsp3) is 0.450. The van der Waals surface area contributed by atoms with E-state index in [4.69, 9.17) is 9.47 Å². The van der Waals surface area contributed by atoms with E-state index >= 15 is 0 Å². The van der Waals surface area contributed by atoms with E-state index in [1.807, 2.05) is 30.5 Å². The molecule has 152 valence electrons. The van der Waals surface area contributed by atoms with Crippen LogP contribution < -0.4 is 10.1 Å². The highest BCUT2D eigenvalue weighted by Gasteiger charge is 2.43.